The summed E-state index contributed by atoms with van der Waals surface area (Å²) >= 11 is 0. The Morgan fingerprint density at radius 1 is 0.691 bits per heavy atom. The number of carbonyl (C=O) groups excluding carboxylic acids is 2. The molecular formula is C43H75O11P. The van der Waals surface area contributed by atoms with Crippen molar-refractivity contribution in [2.24, 2.45) is 5.92 Å². The van der Waals surface area contributed by atoms with E-state index in [0.717, 1.165) is 38.0 Å². The molecule has 0 aliphatic rings. The van der Waals surface area contributed by atoms with Crippen LogP contribution in [-0.4, -0.2) is 76.9 Å². The van der Waals surface area contributed by atoms with Crippen molar-refractivity contribution in [2.75, 3.05) is 26.4 Å². The quantitative estimate of drug-likeness (QED) is 0.0155. The number of ether oxygens (including phenoxy) is 2. The van der Waals surface area contributed by atoms with E-state index in [-0.39, 0.29) is 19.4 Å². The molecule has 0 aliphatic heterocycles. The van der Waals surface area contributed by atoms with Gasteiger partial charge in [-0.1, -0.05) is 152 Å². The number of rotatable bonds is 37. The Balaban J connectivity index is 4.50. The van der Waals surface area contributed by atoms with Crippen LogP contribution >= 0.6 is 7.82 Å². The average molecular weight is 799 g/mol. The third kappa shape index (κ3) is 37.0. The van der Waals surface area contributed by atoms with Gasteiger partial charge in [0.15, 0.2) is 6.10 Å². The second-order valence-corrected chi connectivity index (χ2v) is 15.5. The van der Waals surface area contributed by atoms with Gasteiger partial charge in [-0.3, -0.25) is 18.6 Å². The van der Waals surface area contributed by atoms with Crippen LogP contribution in [0.1, 0.15) is 149 Å². The molecule has 55 heavy (non-hydrogen) atoms. The van der Waals surface area contributed by atoms with Crippen molar-refractivity contribution in [2.45, 2.75) is 167 Å². The first-order valence-electron chi connectivity index (χ1n) is 20.7. The van der Waals surface area contributed by atoms with Crippen LogP contribution in [0.2, 0.25) is 0 Å². The molecule has 0 rings (SSSR count). The van der Waals surface area contributed by atoms with Crippen LogP contribution < -0.4 is 0 Å². The smallest absolute Gasteiger partial charge is 0.462 e. The van der Waals surface area contributed by atoms with Crippen molar-refractivity contribution in [1.29, 1.82) is 0 Å². The number of aliphatic hydroxyl groups is 3. The topological polar surface area (TPSA) is 169 Å². The summed E-state index contributed by atoms with van der Waals surface area (Å²) in [6, 6.07) is 0. The monoisotopic (exact) mass is 799 g/mol. The highest BCUT2D eigenvalue weighted by molar-refractivity contribution is 7.47. The van der Waals surface area contributed by atoms with Crippen molar-refractivity contribution < 1.29 is 52.9 Å². The second kappa shape index (κ2) is 37.2. The third-order valence-electron chi connectivity index (χ3n) is 8.81. The van der Waals surface area contributed by atoms with Gasteiger partial charge in [-0.2, -0.15) is 0 Å². The van der Waals surface area contributed by atoms with E-state index in [1.165, 1.54) is 51.4 Å². The lowest BCUT2D eigenvalue weighted by Gasteiger charge is -2.20. The number of phosphoric ester groups is 1. The van der Waals surface area contributed by atoms with E-state index in [1.54, 1.807) is 6.08 Å². The first-order chi connectivity index (χ1) is 26.5. The number of unbranched alkanes of at least 4 members (excludes halogenated alkanes) is 10. The van der Waals surface area contributed by atoms with Gasteiger partial charge in [0.2, 0.25) is 0 Å². The molecule has 0 aromatic rings. The van der Waals surface area contributed by atoms with E-state index in [1.807, 2.05) is 42.5 Å². The van der Waals surface area contributed by atoms with Gasteiger partial charge >= 0.3 is 19.8 Å². The Kier molecular flexibility index (Phi) is 35.6. The van der Waals surface area contributed by atoms with Gasteiger partial charge in [0.05, 0.1) is 25.9 Å². The van der Waals surface area contributed by atoms with E-state index in [0.29, 0.717) is 32.1 Å². The fourth-order valence-electron chi connectivity index (χ4n) is 5.21. The van der Waals surface area contributed by atoms with E-state index >= 15 is 0 Å². The Hall–Kier alpha value is -2.37. The van der Waals surface area contributed by atoms with Crippen LogP contribution in [0.5, 0.6) is 0 Å². The molecule has 0 aliphatic carbocycles. The fraction of sp³-hybridized carbons (Fsp3) is 0.721. The maximum Gasteiger partial charge on any atom is 0.472 e. The van der Waals surface area contributed by atoms with Crippen LogP contribution in [0, 0.1) is 5.92 Å². The summed E-state index contributed by atoms with van der Waals surface area (Å²) in [6.45, 7) is 4.42. The Labute approximate surface area is 332 Å². The van der Waals surface area contributed by atoms with Crippen LogP contribution in [0.15, 0.2) is 60.8 Å². The van der Waals surface area contributed by atoms with Gasteiger partial charge < -0.3 is 29.7 Å². The SMILES string of the molecule is CC/C=C\C/C=C\CC(O)/C=C/C=C\C/C=C\CCCC(=O)OC[C@H](COP(=O)(O)OC[C@@H](O)CO)OC(=O)CCCCCCCCCCCCC(C)CC. The van der Waals surface area contributed by atoms with Gasteiger partial charge in [-0.15, -0.1) is 0 Å². The molecule has 0 amide bonds. The Bertz CT molecular complexity index is 1130. The third-order valence-corrected chi connectivity index (χ3v) is 9.76. The number of carbonyl (C=O) groups is 2. The number of hydrogen-bond donors (Lipinski definition) is 4. The lowest BCUT2D eigenvalue weighted by atomic mass is 9.99. The summed E-state index contributed by atoms with van der Waals surface area (Å²) in [5, 5.41) is 28.3. The Morgan fingerprint density at radius 3 is 1.96 bits per heavy atom. The first-order valence-corrected chi connectivity index (χ1v) is 22.2. The summed E-state index contributed by atoms with van der Waals surface area (Å²) in [4.78, 5) is 34.9. The van der Waals surface area contributed by atoms with Crippen LogP contribution in [-0.2, 0) is 32.7 Å². The molecular weight excluding hydrogens is 723 g/mol. The number of aliphatic hydroxyl groups excluding tert-OH is 3. The molecule has 0 spiro atoms. The van der Waals surface area contributed by atoms with Gasteiger partial charge in [0.1, 0.15) is 12.7 Å². The van der Waals surface area contributed by atoms with Gasteiger partial charge in [0, 0.05) is 12.8 Å². The number of allylic oxidation sites excluding steroid dienone is 8. The standard InChI is InChI=1S/C43H75O11P/c1-4-6-7-8-20-25-30-39(45)31-26-21-16-13-14-17-22-27-32-42(47)51-36-41(37-53-55(49,50)52-35-40(46)34-44)54-43(48)33-28-23-18-12-10-9-11-15-19-24-29-38(3)5-2/h6-7,14,16-17,20-21,25-26,31,38-41,44-46H,4-5,8-13,15,18-19,22-24,27-30,32-37H2,1-3H3,(H,49,50)/b7-6-,17-14-,21-16-,25-20-,31-26+/t38?,39?,40-,41+/m0/s1. The molecule has 5 atom stereocenters. The number of hydrogen-bond acceptors (Lipinski definition) is 10. The highest BCUT2D eigenvalue weighted by Crippen LogP contribution is 2.43. The van der Waals surface area contributed by atoms with E-state index in [9.17, 15) is 29.3 Å². The zero-order valence-corrected chi connectivity index (χ0v) is 35.0. The summed E-state index contributed by atoms with van der Waals surface area (Å²) in [6.07, 6.45) is 35.1. The van der Waals surface area contributed by atoms with Gasteiger partial charge in [-0.25, -0.2) is 4.57 Å². The molecule has 12 heteroatoms. The molecule has 4 N–H and O–H groups in total. The van der Waals surface area contributed by atoms with E-state index < -0.39 is 57.9 Å². The van der Waals surface area contributed by atoms with Crippen molar-refractivity contribution in [3.63, 3.8) is 0 Å². The molecule has 11 nitrogen and oxygen atoms in total. The molecule has 0 radical (unpaired) electrons. The van der Waals surface area contributed by atoms with Crippen LogP contribution in [0.3, 0.4) is 0 Å². The predicted octanol–water partition coefficient (Wildman–Crippen LogP) is 9.55. The maximum atomic E-state index is 12.6. The molecule has 318 valence electrons. The lowest BCUT2D eigenvalue weighted by molar-refractivity contribution is -0.161. The zero-order chi connectivity index (χ0) is 40.8. The van der Waals surface area contributed by atoms with Crippen molar-refractivity contribution >= 4 is 19.8 Å². The van der Waals surface area contributed by atoms with Crippen LogP contribution in [0.25, 0.3) is 0 Å². The fourth-order valence-corrected chi connectivity index (χ4v) is 6.00. The molecule has 0 saturated heterocycles. The number of phosphoric acid groups is 1. The minimum atomic E-state index is -4.64. The highest BCUT2D eigenvalue weighted by Gasteiger charge is 2.27. The van der Waals surface area contributed by atoms with Crippen LogP contribution in [0.4, 0.5) is 0 Å². The molecule has 0 saturated carbocycles. The largest absolute Gasteiger partial charge is 0.472 e. The minimum Gasteiger partial charge on any atom is -0.462 e. The van der Waals surface area contributed by atoms with E-state index in [2.05, 4.69) is 37.4 Å². The predicted molar refractivity (Wildman–Crippen MR) is 220 cm³/mol. The van der Waals surface area contributed by atoms with Crippen molar-refractivity contribution in [3.05, 3.63) is 60.8 Å². The normalized spacial score (nSPS) is 15.7. The maximum absolute atomic E-state index is 12.6. The lowest BCUT2D eigenvalue weighted by Crippen LogP contribution is -2.29. The average Bonchev–Trinajstić information content (AvgIpc) is 3.17. The summed E-state index contributed by atoms with van der Waals surface area (Å²) in [7, 11) is -4.64. The molecule has 0 fully saturated rings. The van der Waals surface area contributed by atoms with Crippen molar-refractivity contribution in [3.8, 4) is 0 Å². The summed E-state index contributed by atoms with van der Waals surface area (Å²) in [5.41, 5.74) is 0. The molecule has 0 aromatic carbocycles. The first kappa shape index (κ1) is 52.6. The zero-order valence-electron chi connectivity index (χ0n) is 34.1. The molecule has 3 unspecified atom stereocenters. The molecule has 0 heterocycles. The molecule has 0 bridgehead atoms. The summed E-state index contributed by atoms with van der Waals surface area (Å²) in [5.74, 6) is -0.209. The second-order valence-electron chi connectivity index (χ2n) is 14.1. The van der Waals surface area contributed by atoms with Gasteiger partial charge in [-0.05, 0) is 50.9 Å². The summed E-state index contributed by atoms with van der Waals surface area (Å²) < 4.78 is 32.6. The number of esters is 2. The molecule has 0 aromatic heterocycles. The minimum absolute atomic E-state index is 0.130. The highest BCUT2D eigenvalue weighted by atomic mass is 31.2. The Morgan fingerprint density at radius 2 is 1.29 bits per heavy atom. The van der Waals surface area contributed by atoms with E-state index in [4.69, 9.17) is 19.1 Å². The van der Waals surface area contributed by atoms with Gasteiger partial charge in [0.25, 0.3) is 0 Å². The van der Waals surface area contributed by atoms with Crippen molar-refractivity contribution in [1.82, 2.24) is 0 Å².